The highest BCUT2D eigenvalue weighted by molar-refractivity contribution is 7.18. The molecule has 0 fully saturated rings. The molecule has 0 aliphatic rings. The molecular weight excluding hydrogens is 349 g/mol. The SMILES string of the molecule is O=C(NC(c1cccnc1)c1nc2cc(F)ccc2s1)c1ccccc1. The zero-order valence-corrected chi connectivity index (χ0v) is 14.4. The lowest BCUT2D eigenvalue weighted by Gasteiger charge is -2.16. The molecule has 128 valence electrons. The summed E-state index contributed by atoms with van der Waals surface area (Å²) in [5.41, 5.74) is 1.96. The Labute approximate surface area is 153 Å². The van der Waals surface area contributed by atoms with Gasteiger partial charge in [-0.05, 0) is 35.9 Å². The first-order chi connectivity index (χ1) is 12.7. The highest BCUT2D eigenvalue weighted by Gasteiger charge is 2.22. The number of hydrogen-bond donors (Lipinski definition) is 1. The molecule has 0 spiro atoms. The number of aromatic nitrogens is 2. The number of nitrogens with one attached hydrogen (secondary N) is 1. The van der Waals surface area contributed by atoms with Crippen molar-refractivity contribution in [3.63, 3.8) is 0 Å². The number of rotatable bonds is 4. The Morgan fingerprint density at radius 1 is 1.08 bits per heavy atom. The minimum atomic E-state index is -0.461. The van der Waals surface area contributed by atoms with E-state index in [-0.39, 0.29) is 11.7 Å². The van der Waals surface area contributed by atoms with E-state index in [9.17, 15) is 9.18 Å². The van der Waals surface area contributed by atoms with Gasteiger partial charge >= 0.3 is 0 Å². The van der Waals surface area contributed by atoms with E-state index in [2.05, 4.69) is 15.3 Å². The third-order valence-corrected chi connectivity index (χ3v) is 5.04. The fourth-order valence-corrected chi connectivity index (χ4v) is 3.71. The molecule has 4 nitrogen and oxygen atoms in total. The van der Waals surface area contributed by atoms with E-state index < -0.39 is 6.04 Å². The Bertz CT molecular complexity index is 1050. The maximum Gasteiger partial charge on any atom is 0.252 e. The van der Waals surface area contributed by atoms with Gasteiger partial charge in [0, 0.05) is 24.0 Å². The van der Waals surface area contributed by atoms with Crippen LogP contribution in [0.2, 0.25) is 0 Å². The van der Waals surface area contributed by atoms with Crippen LogP contribution < -0.4 is 5.32 Å². The zero-order chi connectivity index (χ0) is 17.9. The van der Waals surface area contributed by atoms with Crippen LogP contribution >= 0.6 is 11.3 Å². The van der Waals surface area contributed by atoms with E-state index in [1.54, 1.807) is 30.6 Å². The molecular formula is C20H14FN3OS. The Hall–Kier alpha value is -3.12. The fraction of sp³-hybridized carbons (Fsp3) is 0.0500. The van der Waals surface area contributed by atoms with Gasteiger partial charge in [0.05, 0.1) is 10.2 Å². The molecule has 0 saturated heterocycles. The van der Waals surface area contributed by atoms with Gasteiger partial charge in [0.25, 0.3) is 5.91 Å². The largest absolute Gasteiger partial charge is 0.339 e. The van der Waals surface area contributed by atoms with Gasteiger partial charge in [-0.2, -0.15) is 0 Å². The van der Waals surface area contributed by atoms with Crippen molar-refractivity contribution >= 4 is 27.5 Å². The summed E-state index contributed by atoms with van der Waals surface area (Å²) in [6.07, 6.45) is 3.37. The summed E-state index contributed by atoms with van der Waals surface area (Å²) in [7, 11) is 0. The van der Waals surface area contributed by atoms with Crippen molar-refractivity contribution in [1.82, 2.24) is 15.3 Å². The molecule has 2 aromatic heterocycles. The first-order valence-corrected chi connectivity index (χ1v) is 8.84. The molecule has 1 N–H and O–H groups in total. The number of pyridine rings is 1. The smallest absolute Gasteiger partial charge is 0.252 e. The summed E-state index contributed by atoms with van der Waals surface area (Å²) in [6, 6.07) is 16.7. The maximum absolute atomic E-state index is 13.5. The molecule has 0 saturated carbocycles. The van der Waals surface area contributed by atoms with Crippen LogP contribution in [0.3, 0.4) is 0 Å². The summed E-state index contributed by atoms with van der Waals surface area (Å²) >= 11 is 1.43. The Balaban J connectivity index is 1.74. The van der Waals surface area contributed by atoms with Gasteiger partial charge in [-0.25, -0.2) is 9.37 Å². The second-order valence-electron chi connectivity index (χ2n) is 5.72. The van der Waals surface area contributed by atoms with Gasteiger partial charge in [0.15, 0.2) is 0 Å². The van der Waals surface area contributed by atoms with E-state index >= 15 is 0 Å². The number of carbonyl (C=O) groups excluding carboxylic acids is 1. The predicted molar refractivity (Wildman–Crippen MR) is 99.6 cm³/mol. The van der Waals surface area contributed by atoms with Gasteiger partial charge in [0.1, 0.15) is 16.9 Å². The van der Waals surface area contributed by atoms with E-state index in [1.165, 1.54) is 23.5 Å². The topological polar surface area (TPSA) is 54.9 Å². The molecule has 2 aromatic carbocycles. The highest BCUT2D eigenvalue weighted by atomic mass is 32.1. The molecule has 1 atom stereocenters. The molecule has 1 unspecified atom stereocenters. The molecule has 1 amide bonds. The first kappa shape index (κ1) is 16.4. The maximum atomic E-state index is 13.5. The number of nitrogens with zero attached hydrogens (tertiary/aromatic N) is 2. The molecule has 0 bridgehead atoms. The predicted octanol–water partition coefficient (Wildman–Crippen LogP) is 4.35. The second kappa shape index (κ2) is 7.01. The minimum Gasteiger partial charge on any atom is -0.339 e. The van der Waals surface area contributed by atoms with Gasteiger partial charge < -0.3 is 5.32 Å². The zero-order valence-electron chi connectivity index (χ0n) is 13.6. The first-order valence-electron chi connectivity index (χ1n) is 8.02. The fourth-order valence-electron chi connectivity index (χ4n) is 2.68. The van der Waals surface area contributed by atoms with Crippen LogP contribution in [0.5, 0.6) is 0 Å². The summed E-state index contributed by atoms with van der Waals surface area (Å²) in [5.74, 6) is -0.537. The lowest BCUT2D eigenvalue weighted by molar-refractivity contribution is 0.0943. The molecule has 4 aromatic rings. The number of carbonyl (C=O) groups is 1. The third-order valence-electron chi connectivity index (χ3n) is 3.94. The average Bonchev–Trinajstić information content (AvgIpc) is 3.10. The van der Waals surface area contributed by atoms with Gasteiger partial charge in [-0.1, -0.05) is 24.3 Å². The lowest BCUT2D eigenvalue weighted by atomic mass is 10.1. The normalized spacial score (nSPS) is 12.0. The van der Waals surface area contributed by atoms with Crippen molar-refractivity contribution in [1.29, 1.82) is 0 Å². The Kier molecular flexibility index (Phi) is 4.41. The number of thiazole rings is 1. The lowest BCUT2D eigenvalue weighted by Crippen LogP contribution is -2.29. The number of benzene rings is 2. The van der Waals surface area contributed by atoms with Crippen molar-refractivity contribution in [3.05, 3.63) is 95.0 Å². The van der Waals surface area contributed by atoms with Gasteiger partial charge in [0.2, 0.25) is 0 Å². The van der Waals surface area contributed by atoms with Crippen LogP contribution in [0, 0.1) is 5.82 Å². The number of amides is 1. The van der Waals surface area contributed by atoms with Crippen LogP contribution in [0.4, 0.5) is 4.39 Å². The molecule has 2 heterocycles. The summed E-state index contributed by atoms with van der Waals surface area (Å²) in [5, 5.41) is 3.70. The summed E-state index contributed by atoms with van der Waals surface area (Å²) in [6.45, 7) is 0. The van der Waals surface area contributed by atoms with Crippen LogP contribution in [-0.2, 0) is 0 Å². The van der Waals surface area contributed by atoms with Gasteiger partial charge in [-0.15, -0.1) is 11.3 Å². The minimum absolute atomic E-state index is 0.204. The monoisotopic (exact) mass is 363 g/mol. The van der Waals surface area contributed by atoms with Crippen LogP contribution in [-0.4, -0.2) is 15.9 Å². The van der Waals surface area contributed by atoms with Crippen LogP contribution in [0.25, 0.3) is 10.2 Å². The van der Waals surface area contributed by atoms with Crippen LogP contribution in [0.15, 0.2) is 73.1 Å². The van der Waals surface area contributed by atoms with Crippen molar-refractivity contribution in [2.45, 2.75) is 6.04 Å². The third kappa shape index (κ3) is 3.32. The van der Waals surface area contributed by atoms with E-state index in [4.69, 9.17) is 0 Å². The molecule has 0 radical (unpaired) electrons. The standard InChI is InChI=1S/C20H14FN3OS/c21-15-8-9-17-16(11-15)23-20(26-17)18(14-7-4-10-22-12-14)24-19(25)13-5-2-1-3-6-13/h1-12,18H,(H,24,25). The summed E-state index contributed by atoms with van der Waals surface area (Å²) < 4.78 is 14.4. The molecule has 26 heavy (non-hydrogen) atoms. The Morgan fingerprint density at radius 2 is 1.92 bits per heavy atom. The quantitative estimate of drug-likeness (QED) is 0.586. The molecule has 4 rings (SSSR count). The highest BCUT2D eigenvalue weighted by Crippen LogP contribution is 2.30. The number of halogens is 1. The van der Waals surface area contributed by atoms with Crippen LogP contribution in [0.1, 0.15) is 27.0 Å². The molecule has 6 heteroatoms. The van der Waals surface area contributed by atoms with E-state index in [0.717, 1.165) is 10.3 Å². The molecule has 0 aliphatic heterocycles. The van der Waals surface area contributed by atoms with E-state index in [1.807, 2.05) is 30.3 Å². The van der Waals surface area contributed by atoms with Crippen molar-refractivity contribution in [3.8, 4) is 0 Å². The second-order valence-corrected chi connectivity index (χ2v) is 6.79. The van der Waals surface area contributed by atoms with Crippen molar-refractivity contribution in [2.75, 3.05) is 0 Å². The average molecular weight is 363 g/mol. The number of fused-ring (bicyclic) bond motifs is 1. The molecule has 0 aliphatic carbocycles. The van der Waals surface area contributed by atoms with Crippen molar-refractivity contribution in [2.24, 2.45) is 0 Å². The Morgan fingerprint density at radius 3 is 2.69 bits per heavy atom. The van der Waals surface area contributed by atoms with Crippen molar-refractivity contribution < 1.29 is 9.18 Å². The van der Waals surface area contributed by atoms with Gasteiger partial charge in [-0.3, -0.25) is 9.78 Å². The number of hydrogen-bond acceptors (Lipinski definition) is 4. The van der Waals surface area contributed by atoms with E-state index in [0.29, 0.717) is 16.1 Å². The summed E-state index contributed by atoms with van der Waals surface area (Å²) in [4.78, 5) is 21.3.